The van der Waals surface area contributed by atoms with Crippen LogP contribution in [0.15, 0.2) is 17.5 Å². The molecule has 0 aliphatic carbocycles. The molecular weight excluding hydrogens is 230 g/mol. The van der Waals surface area contributed by atoms with E-state index >= 15 is 0 Å². The molecule has 0 bridgehead atoms. The Balaban J connectivity index is 1.83. The van der Waals surface area contributed by atoms with Crippen molar-refractivity contribution in [3.05, 3.63) is 22.4 Å². The fraction of sp³-hybridized carbons (Fsp3) is 0.714. The Bertz CT molecular complexity index is 293. The molecule has 0 radical (unpaired) electrons. The van der Waals surface area contributed by atoms with E-state index in [4.69, 9.17) is 4.74 Å². The van der Waals surface area contributed by atoms with Crippen LogP contribution in [-0.2, 0) is 11.2 Å². The van der Waals surface area contributed by atoms with E-state index in [1.165, 1.54) is 30.6 Å². The van der Waals surface area contributed by atoms with Crippen LogP contribution in [0.4, 0.5) is 0 Å². The average Bonchev–Trinajstić information content (AvgIpc) is 2.83. The molecule has 1 aromatic heterocycles. The fourth-order valence-electron chi connectivity index (χ4n) is 2.58. The van der Waals surface area contributed by atoms with Gasteiger partial charge in [0.2, 0.25) is 0 Å². The Hall–Kier alpha value is -0.380. The smallest absolute Gasteiger partial charge is 0.0468 e. The predicted molar refractivity (Wildman–Crippen MR) is 73.6 cm³/mol. The fourth-order valence-corrected chi connectivity index (χ4v) is 3.37. The van der Waals surface area contributed by atoms with Crippen molar-refractivity contribution in [2.24, 2.45) is 5.92 Å². The third-order valence-electron chi connectivity index (χ3n) is 3.48. The molecule has 96 valence electrons. The molecule has 0 amide bonds. The van der Waals surface area contributed by atoms with Crippen LogP contribution in [-0.4, -0.2) is 25.8 Å². The molecule has 0 spiro atoms. The molecule has 1 N–H and O–H groups in total. The molecule has 1 fully saturated rings. The number of rotatable bonds is 6. The highest BCUT2D eigenvalue weighted by atomic mass is 32.1. The van der Waals surface area contributed by atoms with Crippen LogP contribution in [0.3, 0.4) is 0 Å². The molecule has 1 aliphatic rings. The van der Waals surface area contributed by atoms with Crippen molar-refractivity contribution in [2.75, 3.05) is 19.8 Å². The Morgan fingerprint density at radius 3 is 2.94 bits per heavy atom. The second-order valence-electron chi connectivity index (χ2n) is 4.83. The van der Waals surface area contributed by atoms with Crippen LogP contribution in [0.5, 0.6) is 0 Å². The van der Waals surface area contributed by atoms with Crippen molar-refractivity contribution in [1.29, 1.82) is 0 Å². The van der Waals surface area contributed by atoms with Gasteiger partial charge in [0.25, 0.3) is 0 Å². The normalized spacial score (nSPS) is 19.4. The summed E-state index contributed by atoms with van der Waals surface area (Å²) < 4.78 is 5.43. The van der Waals surface area contributed by atoms with Gasteiger partial charge in [-0.05, 0) is 49.6 Å². The van der Waals surface area contributed by atoms with Crippen LogP contribution in [0.1, 0.15) is 31.1 Å². The molecule has 1 saturated heterocycles. The van der Waals surface area contributed by atoms with Crippen molar-refractivity contribution in [1.82, 2.24) is 5.32 Å². The van der Waals surface area contributed by atoms with Gasteiger partial charge in [-0.15, -0.1) is 11.3 Å². The van der Waals surface area contributed by atoms with E-state index in [1.807, 2.05) is 11.3 Å². The highest BCUT2D eigenvalue weighted by Gasteiger charge is 2.19. The minimum atomic E-state index is 0.641. The molecule has 1 unspecified atom stereocenters. The monoisotopic (exact) mass is 253 g/mol. The lowest BCUT2D eigenvalue weighted by Gasteiger charge is -2.27. The standard InChI is InChI=1S/C14H23NOS/c1-2-15-13(11-14-4-3-9-17-14)10-12-5-7-16-8-6-12/h3-4,9,12-13,15H,2,5-8,10-11H2,1H3. The number of hydrogen-bond donors (Lipinski definition) is 1. The first-order valence-electron chi connectivity index (χ1n) is 6.72. The number of likely N-dealkylation sites (N-methyl/N-ethyl adjacent to an activating group) is 1. The molecule has 1 aliphatic heterocycles. The second kappa shape index (κ2) is 7.14. The molecule has 3 heteroatoms. The lowest BCUT2D eigenvalue weighted by molar-refractivity contribution is 0.0606. The molecular formula is C14H23NOS. The van der Waals surface area contributed by atoms with Gasteiger partial charge in [0.1, 0.15) is 0 Å². The van der Waals surface area contributed by atoms with Crippen molar-refractivity contribution >= 4 is 11.3 Å². The van der Waals surface area contributed by atoms with E-state index in [1.54, 1.807) is 0 Å². The molecule has 2 nitrogen and oxygen atoms in total. The summed E-state index contributed by atoms with van der Waals surface area (Å²) in [5.41, 5.74) is 0. The summed E-state index contributed by atoms with van der Waals surface area (Å²) >= 11 is 1.87. The number of hydrogen-bond acceptors (Lipinski definition) is 3. The molecule has 17 heavy (non-hydrogen) atoms. The SMILES string of the molecule is CCNC(Cc1cccs1)CC1CCOCC1. The van der Waals surface area contributed by atoms with Crippen LogP contribution < -0.4 is 5.32 Å². The molecule has 1 atom stereocenters. The average molecular weight is 253 g/mol. The number of nitrogens with one attached hydrogen (secondary N) is 1. The van der Waals surface area contributed by atoms with Crippen LogP contribution in [0, 0.1) is 5.92 Å². The highest BCUT2D eigenvalue weighted by Crippen LogP contribution is 2.22. The topological polar surface area (TPSA) is 21.3 Å². The number of thiophene rings is 1. The van der Waals surface area contributed by atoms with E-state index in [9.17, 15) is 0 Å². The lowest BCUT2D eigenvalue weighted by atomic mass is 9.91. The van der Waals surface area contributed by atoms with Crippen LogP contribution in [0.25, 0.3) is 0 Å². The lowest BCUT2D eigenvalue weighted by Crippen LogP contribution is -2.34. The largest absolute Gasteiger partial charge is 0.381 e. The van der Waals surface area contributed by atoms with Gasteiger partial charge in [0.05, 0.1) is 0 Å². The van der Waals surface area contributed by atoms with E-state index < -0.39 is 0 Å². The van der Waals surface area contributed by atoms with Crippen molar-refractivity contribution in [3.8, 4) is 0 Å². The first kappa shape index (κ1) is 13.1. The summed E-state index contributed by atoms with van der Waals surface area (Å²) in [4.78, 5) is 1.50. The van der Waals surface area contributed by atoms with E-state index in [0.29, 0.717) is 6.04 Å². The summed E-state index contributed by atoms with van der Waals surface area (Å²) in [6.07, 6.45) is 4.97. The zero-order valence-electron chi connectivity index (χ0n) is 10.7. The molecule has 0 saturated carbocycles. The van der Waals surface area contributed by atoms with Gasteiger partial charge in [-0.3, -0.25) is 0 Å². The van der Waals surface area contributed by atoms with Crippen molar-refractivity contribution in [2.45, 2.75) is 38.6 Å². The first-order valence-corrected chi connectivity index (χ1v) is 7.60. The Labute approximate surface area is 108 Å². The second-order valence-corrected chi connectivity index (χ2v) is 5.86. The summed E-state index contributed by atoms with van der Waals surface area (Å²) in [5, 5.41) is 5.81. The van der Waals surface area contributed by atoms with Crippen LogP contribution >= 0.6 is 11.3 Å². The summed E-state index contributed by atoms with van der Waals surface area (Å²) in [6.45, 7) is 5.19. The van der Waals surface area contributed by atoms with Gasteiger partial charge in [-0.1, -0.05) is 13.0 Å². The van der Waals surface area contributed by atoms with Gasteiger partial charge in [-0.2, -0.15) is 0 Å². The Morgan fingerprint density at radius 1 is 1.47 bits per heavy atom. The van der Waals surface area contributed by atoms with Gasteiger partial charge < -0.3 is 10.1 Å². The summed E-state index contributed by atoms with van der Waals surface area (Å²) in [5.74, 6) is 0.854. The van der Waals surface area contributed by atoms with Gasteiger partial charge in [0.15, 0.2) is 0 Å². The maximum Gasteiger partial charge on any atom is 0.0468 e. The molecule has 0 aromatic carbocycles. The molecule has 2 rings (SSSR count). The van der Waals surface area contributed by atoms with Gasteiger partial charge in [0, 0.05) is 24.1 Å². The zero-order valence-corrected chi connectivity index (χ0v) is 11.5. The highest BCUT2D eigenvalue weighted by molar-refractivity contribution is 7.09. The van der Waals surface area contributed by atoms with E-state index in [-0.39, 0.29) is 0 Å². The predicted octanol–water partition coefficient (Wildman–Crippen LogP) is 3.09. The maximum absolute atomic E-state index is 5.43. The van der Waals surface area contributed by atoms with Crippen LogP contribution in [0.2, 0.25) is 0 Å². The quantitative estimate of drug-likeness (QED) is 0.841. The Morgan fingerprint density at radius 2 is 2.29 bits per heavy atom. The first-order chi connectivity index (χ1) is 8.38. The minimum absolute atomic E-state index is 0.641. The third-order valence-corrected chi connectivity index (χ3v) is 4.38. The van der Waals surface area contributed by atoms with E-state index in [2.05, 4.69) is 29.8 Å². The van der Waals surface area contributed by atoms with Crippen molar-refractivity contribution < 1.29 is 4.74 Å². The zero-order chi connectivity index (χ0) is 11.9. The molecule has 2 heterocycles. The summed E-state index contributed by atoms with van der Waals surface area (Å²) in [7, 11) is 0. The maximum atomic E-state index is 5.43. The van der Waals surface area contributed by atoms with E-state index in [0.717, 1.165) is 25.7 Å². The van der Waals surface area contributed by atoms with Gasteiger partial charge in [-0.25, -0.2) is 0 Å². The number of ether oxygens (including phenoxy) is 1. The summed E-state index contributed by atoms with van der Waals surface area (Å²) in [6, 6.07) is 5.04. The van der Waals surface area contributed by atoms with Gasteiger partial charge >= 0.3 is 0 Å². The molecule has 1 aromatic rings. The third kappa shape index (κ3) is 4.41. The minimum Gasteiger partial charge on any atom is -0.381 e. The Kier molecular flexibility index (Phi) is 5.49. The van der Waals surface area contributed by atoms with Crippen molar-refractivity contribution in [3.63, 3.8) is 0 Å².